The van der Waals surface area contributed by atoms with Crippen molar-refractivity contribution < 1.29 is 28.2 Å². The molecule has 5 rings (SSSR count). The van der Waals surface area contributed by atoms with E-state index in [1.54, 1.807) is 19.2 Å². The lowest BCUT2D eigenvalue weighted by atomic mass is 9.94. The van der Waals surface area contributed by atoms with Crippen LogP contribution in [0, 0.1) is 0 Å². The van der Waals surface area contributed by atoms with Gasteiger partial charge in [-0.05, 0) is 61.1 Å². The van der Waals surface area contributed by atoms with E-state index < -0.39 is 22.2 Å². The number of amides is 1. The molecule has 0 bridgehead atoms. The molecule has 0 spiro atoms. The Balaban J connectivity index is 0.00000135. The Morgan fingerprint density at radius 3 is 2.58 bits per heavy atom. The molecule has 0 unspecified atom stereocenters. The second kappa shape index (κ2) is 14.6. The number of aryl methyl sites for hydroxylation is 2. The Kier molecular flexibility index (Phi) is 11.1. The van der Waals surface area contributed by atoms with E-state index in [1.807, 2.05) is 35.0 Å². The number of nitrogens with zero attached hydrogens (tertiary/aromatic N) is 2. The molecule has 0 radical (unpaired) electrons. The quantitative estimate of drug-likeness (QED) is 0.262. The van der Waals surface area contributed by atoms with Crippen LogP contribution in [0.3, 0.4) is 0 Å². The third kappa shape index (κ3) is 7.89. The van der Waals surface area contributed by atoms with Crippen LogP contribution in [-0.4, -0.2) is 73.1 Å². The number of rotatable bonds is 9. The summed E-state index contributed by atoms with van der Waals surface area (Å²) in [6.07, 6.45) is 8.14. The van der Waals surface area contributed by atoms with Gasteiger partial charge in [0.05, 0.1) is 29.1 Å². The Hall–Kier alpha value is -3.12. The molecule has 1 amide bonds. The maximum atomic E-state index is 13.8. The van der Waals surface area contributed by atoms with Gasteiger partial charge in [-0.1, -0.05) is 49.9 Å². The number of benzene rings is 2. The molecule has 2 atom stereocenters. The lowest BCUT2D eigenvalue weighted by Crippen LogP contribution is -2.50. The molecule has 1 aromatic heterocycles. The van der Waals surface area contributed by atoms with Crippen molar-refractivity contribution in [2.75, 3.05) is 23.7 Å². The number of nitrogens with one attached hydrogen (secondary N) is 2. The van der Waals surface area contributed by atoms with Gasteiger partial charge in [0.1, 0.15) is 0 Å². The molecule has 234 valence electrons. The number of aromatic nitrogens is 1. The molecule has 43 heavy (non-hydrogen) atoms. The minimum atomic E-state index is -3.52. The van der Waals surface area contributed by atoms with Crippen molar-refractivity contribution in [1.29, 1.82) is 0 Å². The normalized spacial score (nSPS) is 17.8. The topological polar surface area (TPSA) is 141 Å². The van der Waals surface area contributed by atoms with Crippen LogP contribution in [0.15, 0.2) is 42.6 Å². The van der Waals surface area contributed by atoms with Gasteiger partial charge < -0.3 is 25.4 Å². The van der Waals surface area contributed by atoms with Gasteiger partial charge in [-0.25, -0.2) is 8.42 Å². The molecule has 12 heteroatoms. The average molecular weight is 633 g/mol. The first-order valence-corrected chi connectivity index (χ1v) is 16.7. The van der Waals surface area contributed by atoms with Crippen LogP contribution in [0.2, 0.25) is 5.02 Å². The third-order valence-electron chi connectivity index (χ3n) is 8.37. The number of halogens is 1. The zero-order valence-corrected chi connectivity index (χ0v) is 26.2. The predicted octanol–water partition coefficient (Wildman–Crippen LogP) is 3.96. The van der Waals surface area contributed by atoms with Gasteiger partial charge >= 0.3 is 0 Å². The molecular weight excluding hydrogens is 592 g/mol. The highest BCUT2D eigenvalue weighted by atomic mass is 35.5. The first-order valence-electron chi connectivity index (χ1n) is 14.7. The molecule has 0 saturated heterocycles. The van der Waals surface area contributed by atoms with Crippen molar-refractivity contribution in [3.8, 4) is 0 Å². The fourth-order valence-electron chi connectivity index (χ4n) is 6.01. The molecule has 1 fully saturated rings. The standard InChI is InChI=1S/C30H39ClN4O4S.CH2O2/c1-3-21-19-35-12-13-40(38,39)34(2)27-17-22(16-25(21)29(27)35)30(37)33-26(15-20-8-7-9-23(31)14-20)28(36)18-32-24-10-5-4-6-11-24;2-1-3/h7-9,14,16-17,19,24,26,28,32,36H,3-6,10-13,15,18H2,1-2H3,(H,33,37);1H,(H,2,3)/t26-,28+;/m0./s1. The lowest BCUT2D eigenvalue weighted by Gasteiger charge is -2.28. The Bertz CT molecular complexity index is 1540. The van der Waals surface area contributed by atoms with Crippen LogP contribution >= 0.6 is 11.6 Å². The van der Waals surface area contributed by atoms with Crippen molar-refractivity contribution in [2.24, 2.45) is 0 Å². The number of aliphatic hydroxyl groups excluding tert-OH is 1. The highest BCUT2D eigenvalue weighted by Crippen LogP contribution is 2.35. The van der Waals surface area contributed by atoms with Gasteiger partial charge in [0.2, 0.25) is 10.0 Å². The van der Waals surface area contributed by atoms with Crippen LogP contribution in [0.1, 0.15) is 60.5 Å². The zero-order chi connectivity index (χ0) is 31.1. The zero-order valence-electron chi connectivity index (χ0n) is 24.6. The monoisotopic (exact) mass is 632 g/mol. The molecule has 10 nitrogen and oxygen atoms in total. The van der Waals surface area contributed by atoms with Gasteiger partial charge in [0, 0.05) is 48.3 Å². The molecule has 1 aliphatic heterocycles. The van der Waals surface area contributed by atoms with Gasteiger partial charge in [0.15, 0.2) is 0 Å². The summed E-state index contributed by atoms with van der Waals surface area (Å²) in [5.41, 5.74) is 3.65. The minimum Gasteiger partial charge on any atom is -0.483 e. The summed E-state index contributed by atoms with van der Waals surface area (Å²) in [6, 6.07) is 10.7. The van der Waals surface area contributed by atoms with Crippen LogP contribution in [0.5, 0.6) is 0 Å². The van der Waals surface area contributed by atoms with Crippen LogP contribution in [-0.2, 0) is 34.2 Å². The van der Waals surface area contributed by atoms with E-state index in [9.17, 15) is 18.3 Å². The second-order valence-electron chi connectivity index (χ2n) is 11.2. The third-order valence-corrected chi connectivity index (χ3v) is 10.3. The van der Waals surface area contributed by atoms with Crippen LogP contribution in [0.4, 0.5) is 5.69 Å². The first-order chi connectivity index (χ1) is 20.6. The Morgan fingerprint density at radius 2 is 1.91 bits per heavy atom. The van der Waals surface area contributed by atoms with Gasteiger partial charge in [-0.15, -0.1) is 0 Å². The summed E-state index contributed by atoms with van der Waals surface area (Å²) in [7, 11) is -1.98. The number of anilines is 1. The van der Waals surface area contributed by atoms with Gasteiger partial charge in [0.25, 0.3) is 12.4 Å². The van der Waals surface area contributed by atoms with Crippen LogP contribution < -0.4 is 14.9 Å². The predicted molar refractivity (Wildman–Crippen MR) is 169 cm³/mol. The van der Waals surface area contributed by atoms with Crippen molar-refractivity contribution in [3.05, 3.63) is 64.3 Å². The number of carbonyl (C=O) groups excluding carboxylic acids is 1. The Labute approximate surface area is 258 Å². The number of sulfonamides is 1. The fraction of sp³-hybridized carbons (Fsp3) is 0.484. The van der Waals surface area contributed by atoms with Gasteiger partial charge in [-0.2, -0.15) is 0 Å². The highest BCUT2D eigenvalue weighted by molar-refractivity contribution is 7.92. The molecule has 1 saturated carbocycles. The minimum absolute atomic E-state index is 0.00542. The highest BCUT2D eigenvalue weighted by Gasteiger charge is 2.29. The number of hydrogen-bond donors (Lipinski definition) is 4. The van der Waals surface area contributed by atoms with E-state index in [-0.39, 0.29) is 18.1 Å². The maximum absolute atomic E-state index is 13.8. The summed E-state index contributed by atoms with van der Waals surface area (Å²) < 4.78 is 29.1. The van der Waals surface area contributed by atoms with E-state index in [4.69, 9.17) is 21.5 Å². The van der Waals surface area contributed by atoms with Crippen molar-refractivity contribution in [1.82, 2.24) is 15.2 Å². The molecule has 2 aromatic carbocycles. The van der Waals surface area contributed by atoms with E-state index in [1.165, 1.54) is 23.6 Å². The van der Waals surface area contributed by atoms with Crippen molar-refractivity contribution >= 4 is 50.6 Å². The number of carboxylic acid groups (broad SMARTS) is 1. The van der Waals surface area contributed by atoms with E-state index >= 15 is 0 Å². The number of aliphatic hydroxyl groups is 1. The summed E-state index contributed by atoms with van der Waals surface area (Å²) >= 11 is 6.23. The molecule has 3 aromatic rings. The fourth-order valence-corrected chi connectivity index (χ4v) is 7.36. The summed E-state index contributed by atoms with van der Waals surface area (Å²) in [6.45, 7) is 2.53. The van der Waals surface area contributed by atoms with Crippen LogP contribution in [0.25, 0.3) is 10.9 Å². The largest absolute Gasteiger partial charge is 0.483 e. The summed E-state index contributed by atoms with van der Waals surface area (Å²) in [4.78, 5) is 22.1. The number of hydrogen-bond acceptors (Lipinski definition) is 6. The summed E-state index contributed by atoms with van der Waals surface area (Å²) in [5.74, 6) is -0.360. The van der Waals surface area contributed by atoms with E-state index in [2.05, 4.69) is 17.6 Å². The average Bonchev–Trinajstić information content (AvgIpc) is 3.32. The smallest absolute Gasteiger partial charge is 0.290 e. The molecule has 4 N–H and O–H groups in total. The van der Waals surface area contributed by atoms with Crippen molar-refractivity contribution in [3.63, 3.8) is 0 Å². The van der Waals surface area contributed by atoms with E-state index in [0.29, 0.717) is 41.8 Å². The van der Waals surface area contributed by atoms with Gasteiger partial charge in [-0.3, -0.25) is 13.9 Å². The molecule has 2 aliphatic rings. The molecule has 2 heterocycles. The first kappa shape index (κ1) is 32.8. The molecular formula is C31H41ClN4O6S. The van der Waals surface area contributed by atoms with Crippen molar-refractivity contribution in [2.45, 2.75) is 76.6 Å². The summed E-state index contributed by atoms with van der Waals surface area (Å²) in [5, 5.41) is 26.2. The van der Waals surface area contributed by atoms with E-state index in [0.717, 1.165) is 41.3 Å². The molecule has 1 aliphatic carbocycles. The maximum Gasteiger partial charge on any atom is 0.290 e. The second-order valence-corrected chi connectivity index (χ2v) is 13.8. The SMILES string of the molecule is CCc1cn2c3c(cc(C(=O)N[C@@H](Cc4cccc(Cl)c4)[C@H](O)CNC4CCCCC4)cc13)N(C)S(=O)(=O)CC2.O=CO. The Morgan fingerprint density at radius 1 is 1.19 bits per heavy atom. The lowest BCUT2D eigenvalue weighted by molar-refractivity contribution is -0.122. The number of carbonyl (C=O) groups is 2.